The third-order valence-corrected chi connectivity index (χ3v) is 4.32. The molecular formula is C22H22FN3O2. The summed E-state index contributed by atoms with van der Waals surface area (Å²) in [5.41, 5.74) is 2.03. The van der Waals surface area contributed by atoms with E-state index < -0.39 is 11.7 Å². The number of para-hydroxylation sites is 1. The number of fused-ring (bicyclic) bond motifs is 1. The van der Waals surface area contributed by atoms with Crippen molar-refractivity contribution in [2.24, 2.45) is 5.92 Å². The minimum Gasteiger partial charge on any atom is -0.352 e. The Hall–Kier alpha value is -3.28. The van der Waals surface area contributed by atoms with Gasteiger partial charge in [0.05, 0.1) is 0 Å². The number of pyridine rings is 1. The Kier molecular flexibility index (Phi) is 5.68. The number of nitrogens with zero attached hydrogens (tertiary/aromatic N) is 1. The predicted molar refractivity (Wildman–Crippen MR) is 108 cm³/mol. The zero-order chi connectivity index (χ0) is 20.3. The number of nitrogens with one attached hydrogen (secondary N) is 2. The Bertz CT molecular complexity index is 1050. The van der Waals surface area contributed by atoms with E-state index in [1.807, 2.05) is 20.8 Å². The molecule has 0 aliphatic carbocycles. The summed E-state index contributed by atoms with van der Waals surface area (Å²) in [6.07, 6.45) is 0. The summed E-state index contributed by atoms with van der Waals surface area (Å²) in [5, 5.41) is 6.24. The molecular weight excluding hydrogens is 357 g/mol. The van der Waals surface area contributed by atoms with Crippen LogP contribution in [0.1, 0.15) is 40.3 Å². The first kappa shape index (κ1) is 19.5. The Morgan fingerprint density at radius 1 is 1.07 bits per heavy atom. The molecule has 2 aromatic carbocycles. The number of rotatable bonds is 5. The number of benzene rings is 2. The lowest BCUT2D eigenvalue weighted by atomic mass is 10.1. The molecule has 28 heavy (non-hydrogen) atoms. The smallest absolute Gasteiger partial charge is 0.274 e. The van der Waals surface area contributed by atoms with Crippen molar-refractivity contribution < 1.29 is 14.0 Å². The summed E-state index contributed by atoms with van der Waals surface area (Å²) < 4.78 is 14.0. The van der Waals surface area contributed by atoms with Gasteiger partial charge in [-0.15, -0.1) is 0 Å². The highest BCUT2D eigenvalue weighted by Gasteiger charge is 2.14. The number of carbonyl (C=O) groups is 2. The first-order valence-corrected chi connectivity index (χ1v) is 9.10. The molecule has 5 nitrogen and oxygen atoms in total. The van der Waals surface area contributed by atoms with Gasteiger partial charge in [-0.05, 0) is 42.7 Å². The van der Waals surface area contributed by atoms with Gasteiger partial charge in [0.1, 0.15) is 17.0 Å². The van der Waals surface area contributed by atoms with Crippen molar-refractivity contribution in [3.8, 4) is 0 Å². The predicted octanol–water partition coefficient (Wildman–Crippen LogP) is 4.32. The molecule has 3 rings (SSSR count). The van der Waals surface area contributed by atoms with Crippen LogP contribution in [0.5, 0.6) is 0 Å². The third-order valence-electron chi connectivity index (χ3n) is 4.32. The second kappa shape index (κ2) is 8.17. The van der Waals surface area contributed by atoms with Crippen LogP contribution in [0, 0.1) is 18.7 Å². The van der Waals surface area contributed by atoms with E-state index in [1.165, 1.54) is 6.07 Å². The van der Waals surface area contributed by atoms with E-state index in [9.17, 15) is 14.0 Å². The average molecular weight is 379 g/mol. The largest absolute Gasteiger partial charge is 0.352 e. The van der Waals surface area contributed by atoms with E-state index in [-0.39, 0.29) is 17.1 Å². The molecule has 2 amide bonds. The first-order chi connectivity index (χ1) is 13.3. The molecule has 0 aliphatic rings. The van der Waals surface area contributed by atoms with Crippen molar-refractivity contribution >= 4 is 28.4 Å². The number of aryl methyl sites for hydroxylation is 1. The van der Waals surface area contributed by atoms with Crippen LogP contribution in [0.15, 0.2) is 48.5 Å². The van der Waals surface area contributed by atoms with Crippen molar-refractivity contribution in [1.29, 1.82) is 0 Å². The Labute approximate surface area is 163 Å². The molecule has 0 saturated carbocycles. The molecule has 3 aromatic rings. The van der Waals surface area contributed by atoms with Crippen molar-refractivity contribution in [3.05, 3.63) is 71.2 Å². The fourth-order valence-corrected chi connectivity index (χ4v) is 2.72. The normalized spacial score (nSPS) is 10.9. The number of hydrogen-bond acceptors (Lipinski definition) is 3. The molecule has 1 aromatic heterocycles. The Morgan fingerprint density at radius 3 is 2.61 bits per heavy atom. The quantitative estimate of drug-likeness (QED) is 0.693. The molecule has 0 atom stereocenters. The van der Waals surface area contributed by atoms with Gasteiger partial charge >= 0.3 is 0 Å². The lowest BCUT2D eigenvalue weighted by Gasteiger charge is -2.12. The zero-order valence-corrected chi connectivity index (χ0v) is 16.0. The minimum atomic E-state index is -0.479. The number of amides is 2. The number of anilines is 1. The fraction of sp³-hybridized carbons (Fsp3) is 0.227. The van der Waals surface area contributed by atoms with Gasteiger partial charge in [-0.1, -0.05) is 38.1 Å². The number of aromatic nitrogens is 1. The van der Waals surface area contributed by atoms with Crippen molar-refractivity contribution in [2.45, 2.75) is 20.8 Å². The summed E-state index contributed by atoms with van der Waals surface area (Å²) in [6, 6.07) is 13.0. The number of carbonyl (C=O) groups excluding carboxylic acids is 2. The van der Waals surface area contributed by atoms with Crippen LogP contribution in [0.25, 0.3) is 10.9 Å². The summed E-state index contributed by atoms with van der Waals surface area (Å²) in [4.78, 5) is 29.0. The molecule has 144 valence electrons. The van der Waals surface area contributed by atoms with Crippen LogP contribution in [-0.2, 0) is 0 Å². The topological polar surface area (TPSA) is 71.1 Å². The molecule has 0 aliphatic heterocycles. The van der Waals surface area contributed by atoms with E-state index in [0.717, 1.165) is 5.56 Å². The summed E-state index contributed by atoms with van der Waals surface area (Å²) in [5.74, 6) is -0.803. The molecule has 0 saturated heterocycles. The van der Waals surface area contributed by atoms with E-state index in [4.69, 9.17) is 0 Å². The van der Waals surface area contributed by atoms with Crippen molar-refractivity contribution in [2.75, 3.05) is 11.9 Å². The lowest BCUT2D eigenvalue weighted by Crippen LogP contribution is -2.27. The highest BCUT2D eigenvalue weighted by atomic mass is 19.1. The van der Waals surface area contributed by atoms with Crippen LogP contribution >= 0.6 is 0 Å². The Balaban J connectivity index is 1.83. The molecule has 0 bridgehead atoms. The Morgan fingerprint density at radius 2 is 1.86 bits per heavy atom. The molecule has 0 spiro atoms. The maximum Gasteiger partial charge on any atom is 0.274 e. The summed E-state index contributed by atoms with van der Waals surface area (Å²) >= 11 is 0. The molecule has 0 radical (unpaired) electrons. The van der Waals surface area contributed by atoms with Crippen LogP contribution in [0.2, 0.25) is 0 Å². The minimum absolute atomic E-state index is 0.103. The molecule has 0 unspecified atom stereocenters. The van der Waals surface area contributed by atoms with E-state index >= 15 is 0 Å². The van der Waals surface area contributed by atoms with Crippen molar-refractivity contribution in [1.82, 2.24) is 10.3 Å². The van der Waals surface area contributed by atoms with Gasteiger partial charge in [0, 0.05) is 23.2 Å². The van der Waals surface area contributed by atoms with Gasteiger partial charge in [-0.25, -0.2) is 9.37 Å². The van der Waals surface area contributed by atoms with E-state index in [1.54, 1.807) is 42.5 Å². The fourth-order valence-electron chi connectivity index (χ4n) is 2.72. The average Bonchev–Trinajstić information content (AvgIpc) is 2.67. The second-order valence-electron chi connectivity index (χ2n) is 7.10. The maximum absolute atomic E-state index is 14.0. The van der Waals surface area contributed by atoms with Crippen molar-refractivity contribution in [3.63, 3.8) is 0 Å². The number of halogens is 1. The van der Waals surface area contributed by atoms with Gasteiger partial charge in [0.25, 0.3) is 11.8 Å². The SMILES string of the molecule is Cc1ccc(C(=O)NCC(C)C)cc1NC(=O)c1ccc2cccc(F)c2n1. The summed E-state index contributed by atoms with van der Waals surface area (Å²) in [6.45, 7) is 6.43. The molecule has 6 heteroatoms. The molecule has 1 heterocycles. The van der Waals surface area contributed by atoms with Crippen LogP contribution in [-0.4, -0.2) is 23.3 Å². The highest BCUT2D eigenvalue weighted by Crippen LogP contribution is 2.20. The van der Waals surface area contributed by atoms with Crippen LogP contribution < -0.4 is 10.6 Å². The second-order valence-corrected chi connectivity index (χ2v) is 7.10. The summed E-state index contributed by atoms with van der Waals surface area (Å²) in [7, 11) is 0. The van der Waals surface area contributed by atoms with Gasteiger partial charge in [0.15, 0.2) is 0 Å². The maximum atomic E-state index is 14.0. The standard InChI is InChI=1S/C22H22FN3O2/c1-13(2)12-24-21(27)16-8-7-14(3)19(11-16)26-22(28)18-10-9-15-5-4-6-17(23)20(15)25-18/h4-11,13H,12H2,1-3H3,(H,24,27)(H,26,28). The molecule has 0 fully saturated rings. The third kappa shape index (κ3) is 4.34. The van der Waals surface area contributed by atoms with E-state index in [0.29, 0.717) is 29.1 Å². The van der Waals surface area contributed by atoms with Crippen LogP contribution in [0.3, 0.4) is 0 Å². The van der Waals surface area contributed by atoms with Gasteiger partial charge in [-0.3, -0.25) is 9.59 Å². The van der Waals surface area contributed by atoms with Gasteiger partial charge in [-0.2, -0.15) is 0 Å². The zero-order valence-electron chi connectivity index (χ0n) is 16.0. The molecule has 2 N–H and O–H groups in total. The number of hydrogen-bond donors (Lipinski definition) is 2. The van der Waals surface area contributed by atoms with E-state index in [2.05, 4.69) is 15.6 Å². The lowest BCUT2D eigenvalue weighted by molar-refractivity contribution is 0.0947. The van der Waals surface area contributed by atoms with Gasteiger partial charge < -0.3 is 10.6 Å². The highest BCUT2D eigenvalue weighted by molar-refractivity contribution is 6.05. The first-order valence-electron chi connectivity index (χ1n) is 9.10. The van der Waals surface area contributed by atoms with Gasteiger partial charge in [0.2, 0.25) is 0 Å². The van der Waals surface area contributed by atoms with Crippen LogP contribution in [0.4, 0.5) is 10.1 Å². The monoisotopic (exact) mass is 379 g/mol.